The number of guanidine groups is 1. The van der Waals surface area contributed by atoms with Gasteiger partial charge in [0, 0.05) is 31.6 Å². The molecule has 0 aliphatic heterocycles. The van der Waals surface area contributed by atoms with Gasteiger partial charge in [-0.15, -0.1) is 35.3 Å². The number of furan rings is 1. The fraction of sp³-hybridized carbons (Fsp3) is 0.556. The summed E-state index contributed by atoms with van der Waals surface area (Å²) >= 11 is 1.60. The second-order valence-electron chi connectivity index (χ2n) is 6.67. The van der Waals surface area contributed by atoms with Crippen LogP contribution >= 0.6 is 35.3 Å². The normalized spacial score (nSPS) is 13.7. The molecule has 0 saturated heterocycles. The van der Waals surface area contributed by atoms with Crippen molar-refractivity contribution in [2.24, 2.45) is 4.99 Å². The van der Waals surface area contributed by atoms with E-state index in [9.17, 15) is 5.11 Å². The van der Waals surface area contributed by atoms with Gasteiger partial charge in [0.05, 0.1) is 18.8 Å². The van der Waals surface area contributed by atoms with Gasteiger partial charge in [0.15, 0.2) is 11.1 Å². The van der Waals surface area contributed by atoms with Crippen LogP contribution in [0.1, 0.15) is 36.6 Å². The molecule has 0 fully saturated rings. The van der Waals surface area contributed by atoms with Crippen molar-refractivity contribution >= 4 is 46.4 Å². The molecule has 0 spiro atoms. The number of aryl methyl sites for hydroxylation is 2. The highest BCUT2D eigenvalue weighted by Gasteiger charge is 2.27. The minimum absolute atomic E-state index is 0. The van der Waals surface area contributed by atoms with Crippen LogP contribution in [-0.2, 0) is 12.1 Å². The Morgan fingerprint density at radius 2 is 2.07 bits per heavy atom. The van der Waals surface area contributed by atoms with Gasteiger partial charge < -0.3 is 25.1 Å². The molecule has 2 rings (SSSR count). The second-order valence-corrected chi connectivity index (χ2v) is 7.50. The molecular formula is C18H30IN5O2S. The van der Waals surface area contributed by atoms with E-state index in [2.05, 4.69) is 20.6 Å². The number of hydrogen-bond acceptors (Lipinski definition) is 6. The number of thiazole rings is 1. The maximum Gasteiger partial charge on any atom is 0.191 e. The maximum absolute atomic E-state index is 10.8. The van der Waals surface area contributed by atoms with Gasteiger partial charge >= 0.3 is 0 Å². The molecule has 152 valence electrons. The van der Waals surface area contributed by atoms with Crippen LogP contribution in [0.3, 0.4) is 0 Å². The molecule has 0 radical (unpaired) electrons. The number of aliphatic hydroxyl groups is 1. The van der Waals surface area contributed by atoms with E-state index >= 15 is 0 Å². The third-order valence-corrected chi connectivity index (χ3v) is 4.94. The minimum Gasteiger partial charge on any atom is -0.466 e. The maximum atomic E-state index is 10.8. The van der Waals surface area contributed by atoms with Crippen molar-refractivity contribution in [2.75, 3.05) is 32.1 Å². The third kappa shape index (κ3) is 6.65. The smallest absolute Gasteiger partial charge is 0.191 e. The van der Waals surface area contributed by atoms with Crippen molar-refractivity contribution in [3.05, 3.63) is 34.2 Å². The summed E-state index contributed by atoms with van der Waals surface area (Å²) in [7, 11) is 3.94. The van der Waals surface area contributed by atoms with E-state index in [1.165, 1.54) is 0 Å². The van der Waals surface area contributed by atoms with Crippen LogP contribution in [0.4, 0.5) is 5.13 Å². The average molecular weight is 507 g/mol. The molecule has 0 saturated carbocycles. The zero-order valence-electron chi connectivity index (χ0n) is 16.8. The summed E-state index contributed by atoms with van der Waals surface area (Å²) in [5.41, 5.74) is 0.647. The number of nitrogens with one attached hydrogen (secondary N) is 2. The van der Waals surface area contributed by atoms with E-state index in [4.69, 9.17) is 4.42 Å². The Morgan fingerprint density at radius 3 is 2.59 bits per heavy atom. The Labute approximate surface area is 182 Å². The summed E-state index contributed by atoms with van der Waals surface area (Å²) in [6.45, 7) is 9.04. The van der Waals surface area contributed by atoms with Crippen LogP contribution < -0.4 is 15.5 Å². The Bertz CT molecular complexity index is 755. The van der Waals surface area contributed by atoms with E-state index < -0.39 is 5.60 Å². The minimum atomic E-state index is -1.06. The molecule has 7 nitrogen and oxygen atoms in total. The lowest BCUT2D eigenvalue weighted by Crippen LogP contribution is -2.44. The molecule has 2 aromatic heterocycles. The Hall–Kier alpha value is -1.33. The predicted octanol–water partition coefficient (Wildman–Crippen LogP) is 3.00. The average Bonchev–Trinajstić information content (AvgIpc) is 3.17. The van der Waals surface area contributed by atoms with Gasteiger partial charge in [-0.05, 0) is 33.8 Å². The topological polar surface area (TPSA) is 85.9 Å². The fourth-order valence-corrected chi connectivity index (χ4v) is 3.34. The summed E-state index contributed by atoms with van der Waals surface area (Å²) in [6.07, 6.45) is 0. The zero-order chi connectivity index (χ0) is 19.3. The van der Waals surface area contributed by atoms with Gasteiger partial charge in [0.25, 0.3) is 0 Å². The first kappa shape index (κ1) is 23.7. The highest BCUT2D eigenvalue weighted by molar-refractivity contribution is 14.0. The first-order valence-corrected chi connectivity index (χ1v) is 9.54. The largest absolute Gasteiger partial charge is 0.466 e. The van der Waals surface area contributed by atoms with Crippen molar-refractivity contribution < 1.29 is 9.52 Å². The van der Waals surface area contributed by atoms with Crippen LogP contribution in [0, 0.1) is 13.8 Å². The number of aromatic nitrogens is 1. The van der Waals surface area contributed by atoms with Gasteiger partial charge in [-0.25, -0.2) is 9.98 Å². The first-order valence-electron chi connectivity index (χ1n) is 8.66. The van der Waals surface area contributed by atoms with Gasteiger partial charge in [0.2, 0.25) is 0 Å². The van der Waals surface area contributed by atoms with Gasteiger partial charge in [-0.1, -0.05) is 0 Å². The van der Waals surface area contributed by atoms with Crippen molar-refractivity contribution in [1.29, 1.82) is 0 Å². The van der Waals surface area contributed by atoms with E-state index in [0.717, 1.165) is 34.5 Å². The summed E-state index contributed by atoms with van der Waals surface area (Å²) in [4.78, 5) is 11.1. The summed E-state index contributed by atoms with van der Waals surface area (Å²) in [5, 5.41) is 20.2. The zero-order valence-corrected chi connectivity index (χ0v) is 19.9. The van der Waals surface area contributed by atoms with E-state index in [1.807, 2.05) is 51.2 Å². The number of rotatable bonds is 7. The van der Waals surface area contributed by atoms with Crippen LogP contribution in [-0.4, -0.2) is 43.2 Å². The van der Waals surface area contributed by atoms with Gasteiger partial charge in [-0.3, -0.25) is 0 Å². The summed E-state index contributed by atoms with van der Waals surface area (Å²) < 4.78 is 5.54. The van der Waals surface area contributed by atoms with Crippen LogP contribution in [0.25, 0.3) is 0 Å². The monoisotopic (exact) mass is 507 g/mol. The lowest BCUT2D eigenvalue weighted by molar-refractivity contribution is 0.0601. The quantitative estimate of drug-likeness (QED) is 0.304. The lowest BCUT2D eigenvalue weighted by atomic mass is 9.96. The Morgan fingerprint density at radius 1 is 1.37 bits per heavy atom. The van der Waals surface area contributed by atoms with E-state index in [0.29, 0.717) is 19.0 Å². The standard InChI is InChI=1S/C18H29N5O2S.HI/c1-7-19-16(20-9-14-10-26-17(22-14)23(5)6)21-11-18(4,24)15-8-12(2)25-13(15)3;/h8,10,24H,7,9,11H2,1-6H3,(H2,19,20,21);1H. The highest BCUT2D eigenvalue weighted by atomic mass is 127. The number of halogens is 1. The van der Waals surface area contributed by atoms with E-state index in [1.54, 1.807) is 18.3 Å². The van der Waals surface area contributed by atoms with Crippen LogP contribution in [0.2, 0.25) is 0 Å². The third-order valence-electron chi connectivity index (χ3n) is 3.89. The number of anilines is 1. The molecule has 1 unspecified atom stereocenters. The molecule has 0 amide bonds. The lowest BCUT2D eigenvalue weighted by Gasteiger charge is -2.24. The first-order chi connectivity index (χ1) is 12.2. The van der Waals surface area contributed by atoms with E-state index in [-0.39, 0.29) is 24.0 Å². The fourth-order valence-electron chi connectivity index (χ4n) is 2.59. The summed E-state index contributed by atoms with van der Waals surface area (Å²) in [6, 6.07) is 1.87. The number of hydrogen-bond donors (Lipinski definition) is 3. The van der Waals surface area contributed by atoms with Crippen molar-refractivity contribution in [3.8, 4) is 0 Å². The summed E-state index contributed by atoms with van der Waals surface area (Å²) in [5.74, 6) is 2.17. The van der Waals surface area contributed by atoms with Crippen LogP contribution in [0.15, 0.2) is 20.9 Å². The molecule has 0 bridgehead atoms. The van der Waals surface area contributed by atoms with Gasteiger partial charge in [0.1, 0.15) is 17.1 Å². The molecule has 2 aromatic rings. The molecule has 0 aromatic carbocycles. The number of aliphatic imine (C=N–C) groups is 1. The SMILES string of the molecule is CCNC(=NCc1csc(N(C)C)n1)NCC(C)(O)c1cc(C)oc1C.I. The van der Waals surface area contributed by atoms with Crippen molar-refractivity contribution in [3.63, 3.8) is 0 Å². The van der Waals surface area contributed by atoms with Gasteiger partial charge in [-0.2, -0.15) is 0 Å². The molecular weight excluding hydrogens is 477 g/mol. The number of nitrogens with zero attached hydrogens (tertiary/aromatic N) is 3. The molecule has 0 aliphatic rings. The Balaban J connectivity index is 0.00000364. The molecule has 1 atom stereocenters. The highest BCUT2D eigenvalue weighted by Crippen LogP contribution is 2.26. The molecule has 3 N–H and O–H groups in total. The molecule has 0 aliphatic carbocycles. The second kappa shape index (κ2) is 10.3. The molecule has 9 heteroatoms. The predicted molar refractivity (Wildman–Crippen MR) is 122 cm³/mol. The van der Waals surface area contributed by atoms with Crippen molar-refractivity contribution in [1.82, 2.24) is 15.6 Å². The van der Waals surface area contributed by atoms with Crippen molar-refractivity contribution in [2.45, 2.75) is 39.8 Å². The molecule has 2 heterocycles. The van der Waals surface area contributed by atoms with Crippen LogP contribution in [0.5, 0.6) is 0 Å². The Kier molecular flexibility index (Phi) is 9.03. The molecule has 27 heavy (non-hydrogen) atoms.